The molecule has 0 aliphatic carbocycles. The fourth-order valence-corrected chi connectivity index (χ4v) is 2.05. The van der Waals surface area contributed by atoms with Crippen LogP contribution in [0.1, 0.15) is 36.2 Å². The number of anilines is 1. The molecule has 1 aromatic carbocycles. The molecule has 2 N–H and O–H groups in total. The number of benzene rings is 1. The molecule has 0 unspecified atom stereocenters. The standard InChI is InChI=1S/C15H24N2O2/c1-11(2)17(8-5-9-18)15(19)14-7-6-13(16-4)10-12(14)3/h6-7,10-11,16,18H,5,8-9H2,1-4H3. The predicted octanol–water partition coefficient (Wildman–Crippen LogP) is 2.27. The van der Waals surface area contributed by atoms with Crippen molar-refractivity contribution in [2.75, 3.05) is 25.5 Å². The number of aryl methyl sites for hydroxylation is 1. The fourth-order valence-electron chi connectivity index (χ4n) is 2.05. The normalized spacial score (nSPS) is 10.6. The van der Waals surface area contributed by atoms with Gasteiger partial charge in [-0.3, -0.25) is 4.79 Å². The van der Waals surface area contributed by atoms with Crippen molar-refractivity contribution >= 4 is 11.6 Å². The summed E-state index contributed by atoms with van der Waals surface area (Å²) in [6.45, 7) is 6.62. The number of hydrogen-bond acceptors (Lipinski definition) is 3. The summed E-state index contributed by atoms with van der Waals surface area (Å²) >= 11 is 0. The molecule has 1 rings (SSSR count). The second-order valence-electron chi connectivity index (χ2n) is 4.95. The van der Waals surface area contributed by atoms with E-state index in [9.17, 15) is 4.79 Å². The molecule has 0 aromatic heterocycles. The van der Waals surface area contributed by atoms with Crippen molar-refractivity contribution in [2.45, 2.75) is 33.2 Å². The Labute approximate surface area is 115 Å². The van der Waals surface area contributed by atoms with Gasteiger partial charge in [-0.2, -0.15) is 0 Å². The second-order valence-corrected chi connectivity index (χ2v) is 4.95. The first-order chi connectivity index (χ1) is 9.01. The van der Waals surface area contributed by atoms with Crippen LogP contribution in [0.5, 0.6) is 0 Å². The Kier molecular flexibility index (Phi) is 5.83. The van der Waals surface area contributed by atoms with Crippen molar-refractivity contribution in [3.8, 4) is 0 Å². The van der Waals surface area contributed by atoms with Gasteiger partial charge in [-0.05, 0) is 51.0 Å². The summed E-state index contributed by atoms with van der Waals surface area (Å²) in [5, 5.41) is 12.0. The Balaban J connectivity index is 2.96. The van der Waals surface area contributed by atoms with Crippen LogP contribution in [-0.4, -0.2) is 42.2 Å². The number of aliphatic hydroxyl groups is 1. The molecule has 0 atom stereocenters. The van der Waals surface area contributed by atoms with Crippen molar-refractivity contribution < 1.29 is 9.90 Å². The third-order valence-corrected chi connectivity index (χ3v) is 3.19. The number of carbonyl (C=O) groups excluding carboxylic acids is 1. The molecule has 0 aliphatic heterocycles. The quantitative estimate of drug-likeness (QED) is 0.828. The van der Waals surface area contributed by atoms with Gasteiger partial charge < -0.3 is 15.3 Å². The monoisotopic (exact) mass is 264 g/mol. The van der Waals surface area contributed by atoms with Crippen LogP contribution in [-0.2, 0) is 0 Å². The number of hydrogen-bond donors (Lipinski definition) is 2. The Morgan fingerprint density at radius 1 is 1.42 bits per heavy atom. The molecule has 106 valence electrons. The maximum absolute atomic E-state index is 12.5. The number of carbonyl (C=O) groups is 1. The summed E-state index contributed by atoms with van der Waals surface area (Å²) in [4.78, 5) is 14.3. The molecule has 0 spiro atoms. The SMILES string of the molecule is CNc1ccc(C(=O)N(CCCO)C(C)C)c(C)c1. The van der Waals surface area contributed by atoms with Gasteiger partial charge in [-0.15, -0.1) is 0 Å². The smallest absolute Gasteiger partial charge is 0.254 e. The molecule has 0 radical (unpaired) electrons. The van der Waals surface area contributed by atoms with E-state index in [-0.39, 0.29) is 18.6 Å². The van der Waals surface area contributed by atoms with E-state index >= 15 is 0 Å². The predicted molar refractivity (Wildman–Crippen MR) is 78.6 cm³/mol. The minimum absolute atomic E-state index is 0.0311. The third-order valence-electron chi connectivity index (χ3n) is 3.19. The first-order valence-corrected chi connectivity index (χ1v) is 6.71. The van der Waals surface area contributed by atoms with E-state index in [1.165, 1.54) is 0 Å². The largest absolute Gasteiger partial charge is 0.396 e. The maximum Gasteiger partial charge on any atom is 0.254 e. The van der Waals surface area contributed by atoms with Gasteiger partial charge in [-0.1, -0.05) is 0 Å². The van der Waals surface area contributed by atoms with Crippen LogP contribution in [0.4, 0.5) is 5.69 Å². The topological polar surface area (TPSA) is 52.6 Å². The lowest BCUT2D eigenvalue weighted by atomic mass is 10.1. The average molecular weight is 264 g/mol. The first-order valence-electron chi connectivity index (χ1n) is 6.71. The van der Waals surface area contributed by atoms with E-state index in [1.54, 1.807) is 4.90 Å². The van der Waals surface area contributed by atoms with Gasteiger partial charge in [0.1, 0.15) is 0 Å². The van der Waals surface area contributed by atoms with Crippen LogP contribution >= 0.6 is 0 Å². The molecule has 0 saturated heterocycles. The summed E-state index contributed by atoms with van der Waals surface area (Å²) in [7, 11) is 1.86. The molecule has 0 bridgehead atoms. The van der Waals surface area contributed by atoms with Gasteiger partial charge in [0.2, 0.25) is 0 Å². The molecular formula is C15H24N2O2. The zero-order valence-corrected chi connectivity index (χ0v) is 12.2. The number of aliphatic hydroxyl groups excluding tert-OH is 1. The van der Waals surface area contributed by atoms with Crippen molar-refractivity contribution in [2.24, 2.45) is 0 Å². The zero-order valence-electron chi connectivity index (χ0n) is 12.2. The summed E-state index contributed by atoms with van der Waals surface area (Å²) in [6, 6.07) is 5.86. The van der Waals surface area contributed by atoms with Crippen molar-refractivity contribution in [1.82, 2.24) is 4.90 Å². The van der Waals surface area contributed by atoms with E-state index in [4.69, 9.17) is 5.11 Å². The molecule has 0 fully saturated rings. The van der Waals surface area contributed by atoms with E-state index < -0.39 is 0 Å². The van der Waals surface area contributed by atoms with Crippen molar-refractivity contribution in [3.63, 3.8) is 0 Å². The van der Waals surface area contributed by atoms with E-state index in [1.807, 2.05) is 46.0 Å². The Morgan fingerprint density at radius 2 is 2.11 bits per heavy atom. The summed E-state index contributed by atoms with van der Waals surface area (Å²) in [5.74, 6) is 0.0311. The Hall–Kier alpha value is -1.55. The molecule has 0 saturated carbocycles. The lowest BCUT2D eigenvalue weighted by Gasteiger charge is -2.27. The highest BCUT2D eigenvalue weighted by Gasteiger charge is 2.19. The van der Waals surface area contributed by atoms with Crippen LogP contribution in [0.2, 0.25) is 0 Å². The first kappa shape index (κ1) is 15.5. The number of nitrogens with one attached hydrogen (secondary N) is 1. The van der Waals surface area contributed by atoms with E-state index in [0.717, 1.165) is 16.8 Å². The van der Waals surface area contributed by atoms with Gasteiger partial charge in [0.05, 0.1) is 0 Å². The Bertz CT molecular complexity index is 430. The summed E-state index contributed by atoms with van der Waals surface area (Å²) in [6.07, 6.45) is 0.609. The highest BCUT2D eigenvalue weighted by molar-refractivity contribution is 5.96. The lowest BCUT2D eigenvalue weighted by Crippen LogP contribution is -2.38. The van der Waals surface area contributed by atoms with Crippen LogP contribution in [0, 0.1) is 6.92 Å². The van der Waals surface area contributed by atoms with E-state index in [0.29, 0.717) is 13.0 Å². The average Bonchev–Trinajstić information content (AvgIpc) is 2.38. The number of amides is 1. The molecule has 0 aliphatic rings. The van der Waals surface area contributed by atoms with E-state index in [2.05, 4.69) is 5.32 Å². The number of rotatable bonds is 6. The zero-order chi connectivity index (χ0) is 14.4. The maximum atomic E-state index is 12.5. The van der Waals surface area contributed by atoms with Crippen molar-refractivity contribution in [1.29, 1.82) is 0 Å². The Morgan fingerprint density at radius 3 is 2.58 bits per heavy atom. The minimum atomic E-state index is 0.0311. The lowest BCUT2D eigenvalue weighted by molar-refractivity contribution is 0.0692. The van der Waals surface area contributed by atoms with Gasteiger partial charge in [0.25, 0.3) is 5.91 Å². The number of nitrogens with zero attached hydrogens (tertiary/aromatic N) is 1. The van der Waals surface area contributed by atoms with Gasteiger partial charge in [0, 0.05) is 37.5 Å². The molecular weight excluding hydrogens is 240 g/mol. The molecule has 19 heavy (non-hydrogen) atoms. The van der Waals surface area contributed by atoms with Crippen LogP contribution < -0.4 is 5.32 Å². The van der Waals surface area contributed by atoms with Crippen LogP contribution in [0.25, 0.3) is 0 Å². The summed E-state index contributed by atoms with van der Waals surface area (Å²) < 4.78 is 0. The molecule has 1 aromatic rings. The third kappa shape index (κ3) is 3.96. The molecule has 0 heterocycles. The van der Waals surface area contributed by atoms with Crippen LogP contribution in [0.15, 0.2) is 18.2 Å². The van der Waals surface area contributed by atoms with Crippen LogP contribution in [0.3, 0.4) is 0 Å². The highest BCUT2D eigenvalue weighted by atomic mass is 16.3. The van der Waals surface area contributed by atoms with Gasteiger partial charge in [-0.25, -0.2) is 0 Å². The molecule has 4 heteroatoms. The fraction of sp³-hybridized carbons (Fsp3) is 0.533. The second kappa shape index (κ2) is 7.14. The summed E-state index contributed by atoms with van der Waals surface area (Å²) in [5.41, 5.74) is 2.69. The van der Waals surface area contributed by atoms with Crippen molar-refractivity contribution in [3.05, 3.63) is 29.3 Å². The molecule has 1 amide bonds. The van der Waals surface area contributed by atoms with Gasteiger partial charge in [0.15, 0.2) is 0 Å². The highest BCUT2D eigenvalue weighted by Crippen LogP contribution is 2.18. The minimum Gasteiger partial charge on any atom is -0.396 e. The van der Waals surface area contributed by atoms with Gasteiger partial charge >= 0.3 is 0 Å². The molecule has 4 nitrogen and oxygen atoms in total.